The van der Waals surface area contributed by atoms with Crippen LogP contribution in [0.2, 0.25) is 0 Å². The average molecular weight is 1100 g/mol. The molecule has 44 heteroatoms. The molecule has 4 unspecified atom stereocenters. The lowest BCUT2D eigenvalue weighted by Crippen LogP contribution is -2.29. The highest BCUT2D eigenvalue weighted by atomic mass is 32.2. The maximum atomic E-state index is 10.7. The van der Waals surface area contributed by atoms with Crippen LogP contribution in [0.25, 0.3) is 0 Å². The number of hydroxylamine groups is 4. The largest absolute Gasteiger partial charge is 0.499 e. The smallest absolute Gasteiger partial charge is 0.489 e. The SMILES string of the molecule is CC(C)OC=CC=C=O.CCN(OP(=O)(O)OC)S(=O)(=O)O.CCN(OP(=O)(O)OC)S(=O)(=O)O.CCN(OP(=O)(O)OC)S(=O)(=O)O.CCN(OP(=O)(O)OC)S(=O)(=O)O.O.O. The van der Waals surface area contributed by atoms with Crippen LogP contribution in [0.15, 0.2) is 18.4 Å². The molecule has 36 nitrogen and oxygen atoms in total. The van der Waals surface area contributed by atoms with Crippen molar-refractivity contribution in [3.63, 3.8) is 0 Å². The Morgan fingerprint density at radius 3 is 0.810 bits per heavy atom. The van der Waals surface area contributed by atoms with Gasteiger partial charge in [0, 0.05) is 60.7 Å². The molecule has 4 atom stereocenters. The van der Waals surface area contributed by atoms with Gasteiger partial charge in [-0.3, -0.25) is 36.3 Å². The van der Waals surface area contributed by atoms with Crippen LogP contribution in [0.5, 0.6) is 0 Å². The standard InChI is InChI=1S/C7H10O2.4C3H10NO7PS.2H2O/c1-7(2)9-6-4-3-5-8;4*1-3-4(13(7,8)9)11-12(5,6)10-2;;/h3-4,6-7H,1-2H3;4*3H2,1-2H3,(H,5,6)(H,7,8,9);2*1H2. The Morgan fingerprint density at radius 2 is 0.698 bits per heavy atom. The molecule has 0 aromatic rings. The Balaban J connectivity index is -0.000000124. The zero-order valence-corrected chi connectivity index (χ0v) is 41.3. The van der Waals surface area contributed by atoms with E-state index in [1.807, 2.05) is 13.8 Å². The van der Waals surface area contributed by atoms with Crippen molar-refractivity contribution in [2.45, 2.75) is 47.6 Å². The van der Waals surface area contributed by atoms with Crippen molar-refractivity contribution in [3.8, 4) is 0 Å². The third-order valence-corrected chi connectivity index (χ3v) is 11.6. The number of phosphoric ester groups is 4. The average Bonchev–Trinajstić information content (AvgIpc) is 3.12. The van der Waals surface area contributed by atoms with Gasteiger partial charge in [0.25, 0.3) is 0 Å². The lowest BCUT2D eigenvalue weighted by Gasteiger charge is -2.17. The van der Waals surface area contributed by atoms with Gasteiger partial charge < -0.3 is 35.3 Å². The molecule has 0 saturated carbocycles. The van der Waals surface area contributed by atoms with E-state index in [0.29, 0.717) is 0 Å². The predicted molar refractivity (Wildman–Crippen MR) is 210 cm³/mol. The number of ether oxygens (including phenoxy) is 1. The molecule has 0 heterocycles. The van der Waals surface area contributed by atoms with Crippen molar-refractivity contribution >= 4 is 78.4 Å². The minimum atomic E-state index is -4.66. The number of hydrogen-bond acceptors (Lipinski definition) is 22. The number of carbonyl (C=O) groups excluding carboxylic acids is 1. The fourth-order valence-corrected chi connectivity index (χ4v) is 7.24. The third-order valence-electron chi connectivity index (χ3n) is 4.36. The van der Waals surface area contributed by atoms with Crippen LogP contribution in [0, 0.1) is 0 Å². The van der Waals surface area contributed by atoms with Gasteiger partial charge in [-0.15, -0.1) is 0 Å². The molecule has 12 N–H and O–H groups in total. The topological polar surface area (TPSA) is 543 Å². The van der Waals surface area contributed by atoms with Gasteiger partial charge in [-0.1, -0.05) is 0 Å². The molecule has 0 aromatic heterocycles. The zero-order chi connectivity index (χ0) is 49.9. The summed E-state index contributed by atoms with van der Waals surface area (Å²) in [6.07, 6.45) is 4.40. The summed E-state index contributed by atoms with van der Waals surface area (Å²) in [7, 11) is -33.0. The van der Waals surface area contributed by atoms with Crippen molar-refractivity contribution < 1.29 is 147 Å². The summed E-state index contributed by atoms with van der Waals surface area (Å²) in [5.74, 6) is 1.60. The normalized spacial score (nSPS) is 15.7. The molecule has 0 aromatic carbocycles. The van der Waals surface area contributed by atoms with Crippen LogP contribution in [0.1, 0.15) is 41.5 Å². The highest BCUT2D eigenvalue weighted by Crippen LogP contribution is 2.45. The van der Waals surface area contributed by atoms with E-state index in [1.54, 1.807) is 5.94 Å². The molecular formula is C19H54N4O32P4S4. The van der Waals surface area contributed by atoms with E-state index >= 15 is 0 Å². The second-order valence-corrected chi connectivity index (χ2v) is 20.2. The minimum absolute atomic E-state index is 0. The lowest BCUT2D eigenvalue weighted by atomic mass is 10.5. The van der Waals surface area contributed by atoms with Crippen molar-refractivity contribution in [2.24, 2.45) is 0 Å². The number of phosphoric acid groups is 4. The number of rotatable bonds is 23. The summed E-state index contributed by atoms with van der Waals surface area (Å²) < 4.78 is 196. The van der Waals surface area contributed by atoms with E-state index in [4.69, 9.17) is 42.5 Å². The Morgan fingerprint density at radius 1 is 0.508 bits per heavy atom. The number of hydrogen-bond donors (Lipinski definition) is 8. The van der Waals surface area contributed by atoms with Gasteiger partial charge in [0.15, 0.2) is 0 Å². The second-order valence-electron chi connectivity index (χ2n) is 9.12. The summed E-state index contributed by atoms with van der Waals surface area (Å²) in [5, 5.41) is 0. The molecular weight excluding hydrogens is 1050 g/mol. The van der Waals surface area contributed by atoms with Crippen molar-refractivity contribution in [3.05, 3.63) is 18.4 Å². The predicted octanol–water partition coefficient (Wildman–Crippen LogP) is -1.18. The number of nitrogens with zero attached hydrogens (tertiary/aromatic N) is 4. The van der Waals surface area contributed by atoms with Crippen molar-refractivity contribution in [1.82, 2.24) is 17.9 Å². The molecule has 0 amide bonds. The molecule has 386 valence electrons. The summed E-state index contributed by atoms with van der Waals surface area (Å²) >= 11 is 0. The van der Waals surface area contributed by atoms with Crippen LogP contribution in [-0.4, -0.2) is 167 Å². The maximum Gasteiger partial charge on any atom is 0.489 e. The first-order chi connectivity index (χ1) is 27.2. The summed E-state index contributed by atoms with van der Waals surface area (Å²) in [5.41, 5.74) is 0. The molecule has 0 saturated heterocycles. The summed E-state index contributed by atoms with van der Waals surface area (Å²) in [4.78, 5) is 44.3. The highest BCUT2D eigenvalue weighted by Gasteiger charge is 2.32. The molecule has 0 radical (unpaired) electrons. The van der Waals surface area contributed by atoms with Gasteiger partial charge in [-0.05, 0) is 65.5 Å². The third kappa shape index (κ3) is 44.4. The second kappa shape index (κ2) is 35.0. The lowest BCUT2D eigenvalue weighted by molar-refractivity contribution is -0.00812. The molecule has 0 fully saturated rings. The molecule has 0 aliphatic carbocycles. The van der Waals surface area contributed by atoms with Gasteiger partial charge in [-0.2, -0.15) is 52.2 Å². The first-order valence-corrected chi connectivity index (χ1v) is 26.6. The fourth-order valence-electron chi connectivity index (χ4n) is 1.93. The Bertz CT molecular complexity index is 1730. The molecule has 0 aliphatic rings. The molecule has 0 spiro atoms. The molecule has 63 heavy (non-hydrogen) atoms. The minimum Gasteiger partial charge on any atom is -0.499 e. The monoisotopic (exact) mass is 1100 g/mol. The summed E-state index contributed by atoms with van der Waals surface area (Å²) in [6.45, 7) is 7.70. The van der Waals surface area contributed by atoms with Crippen LogP contribution < -0.4 is 0 Å². The number of allylic oxidation sites excluding steroid dienone is 2. The van der Waals surface area contributed by atoms with Gasteiger partial charge in [0.2, 0.25) is 0 Å². The van der Waals surface area contributed by atoms with Crippen LogP contribution >= 0.6 is 31.3 Å². The molecule has 0 aliphatic heterocycles. The zero-order valence-electron chi connectivity index (χ0n) is 34.4. The Labute approximate surface area is 362 Å². The highest BCUT2D eigenvalue weighted by molar-refractivity contribution is 7.84. The Hall–Kier alpha value is -1.17. The molecule has 0 rings (SSSR count). The van der Waals surface area contributed by atoms with Crippen LogP contribution in [0.3, 0.4) is 0 Å². The first-order valence-electron chi connectivity index (χ1n) is 15.0. The first kappa shape index (κ1) is 76.1. The van der Waals surface area contributed by atoms with Gasteiger partial charge in [-0.25, -0.2) is 23.1 Å². The van der Waals surface area contributed by atoms with Gasteiger partial charge in [0.05, 0.1) is 12.4 Å². The maximum absolute atomic E-state index is 10.7. The van der Waals surface area contributed by atoms with E-state index in [1.165, 1.54) is 46.1 Å². The quantitative estimate of drug-likeness (QED) is 0.0149. The summed E-state index contributed by atoms with van der Waals surface area (Å²) in [6, 6.07) is 0. The van der Waals surface area contributed by atoms with Crippen molar-refractivity contribution in [1.29, 1.82) is 0 Å². The van der Waals surface area contributed by atoms with E-state index < -0.39 is 72.5 Å². The van der Waals surface area contributed by atoms with E-state index in [2.05, 4.69) is 36.6 Å². The van der Waals surface area contributed by atoms with E-state index in [0.717, 1.165) is 28.4 Å². The van der Waals surface area contributed by atoms with Crippen LogP contribution in [0.4, 0.5) is 0 Å². The molecule has 0 bridgehead atoms. The van der Waals surface area contributed by atoms with Gasteiger partial charge in [0.1, 0.15) is 5.94 Å². The fraction of sp³-hybridized carbons (Fsp3) is 0.789. The van der Waals surface area contributed by atoms with Crippen molar-refractivity contribution in [2.75, 3.05) is 54.6 Å². The van der Waals surface area contributed by atoms with Gasteiger partial charge >= 0.3 is 72.5 Å². The Kier molecular flexibility index (Phi) is 42.3. The van der Waals surface area contributed by atoms with E-state index in [9.17, 15) is 56.7 Å². The van der Waals surface area contributed by atoms with E-state index in [-0.39, 0.29) is 61.1 Å². The van der Waals surface area contributed by atoms with Crippen LogP contribution in [-0.2, 0) is 106 Å².